The number of rotatable bonds is 3. The van der Waals surface area contributed by atoms with Gasteiger partial charge in [-0.2, -0.15) is 17.2 Å². The Hall–Kier alpha value is -3.12. The lowest BCUT2D eigenvalue weighted by atomic mass is 10.0. The van der Waals surface area contributed by atoms with Crippen molar-refractivity contribution in [2.75, 3.05) is 4.90 Å². The Morgan fingerprint density at radius 3 is 2.33 bits per heavy atom. The summed E-state index contributed by atoms with van der Waals surface area (Å²) in [6.45, 7) is 0. The molecule has 0 spiro atoms. The van der Waals surface area contributed by atoms with Crippen LogP contribution in [0.4, 0.5) is 27.6 Å². The summed E-state index contributed by atoms with van der Waals surface area (Å²) in [7, 11) is -4.90. The van der Waals surface area contributed by atoms with E-state index in [2.05, 4.69) is 20.1 Å². The molecule has 2 aromatic carbocycles. The van der Waals surface area contributed by atoms with E-state index < -0.39 is 49.9 Å². The fourth-order valence-electron chi connectivity index (χ4n) is 3.52. The van der Waals surface area contributed by atoms with Gasteiger partial charge in [-0.15, -0.1) is 0 Å². The van der Waals surface area contributed by atoms with Crippen LogP contribution in [0.1, 0.15) is 6.42 Å². The van der Waals surface area contributed by atoms with Crippen LogP contribution in [-0.2, 0) is 10.1 Å². The van der Waals surface area contributed by atoms with Gasteiger partial charge in [0.15, 0.2) is 5.75 Å². The van der Waals surface area contributed by atoms with E-state index in [1.54, 1.807) is 35.3 Å². The highest BCUT2D eigenvalue weighted by molar-refractivity contribution is 9.10. The van der Waals surface area contributed by atoms with E-state index in [4.69, 9.17) is 4.74 Å². The van der Waals surface area contributed by atoms with Crippen molar-refractivity contribution in [2.24, 2.45) is 0 Å². The van der Waals surface area contributed by atoms with Crippen LogP contribution in [0.2, 0.25) is 0 Å². The molecule has 12 heteroatoms. The van der Waals surface area contributed by atoms with Crippen LogP contribution in [0.25, 0.3) is 0 Å². The van der Waals surface area contributed by atoms with Crippen LogP contribution >= 0.6 is 15.9 Å². The van der Waals surface area contributed by atoms with Crippen LogP contribution in [0.5, 0.6) is 11.5 Å². The molecule has 1 aliphatic carbocycles. The minimum Gasteiger partial charge on any atom is -0.438 e. The van der Waals surface area contributed by atoms with Crippen molar-refractivity contribution in [1.29, 1.82) is 0 Å². The number of fused-ring (bicyclic) bond motifs is 5. The van der Waals surface area contributed by atoms with Gasteiger partial charge < -0.3 is 8.92 Å². The number of hydrogen-bond acceptors (Lipinski definition) is 5. The quantitative estimate of drug-likeness (QED) is 0.214. The van der Waals surface area contributed by atoms with Gasteiger partial charge in [-0.3, -0.25) is 4.90 Å². The maximum absolute atomic E-state index is 13.9. The van der Waals surface area contributed by atoms with Crippen molar-refractivity contribution in [3.63, 3.8) is 0 Å². The number of anilines is 1. The Morgan fingerprint density at radius 2 is 1.64 bits per heavy atom. The summed E-state index contributed by atoms with van der Waals surface area (Å²) < 4.78 is 104. The third kappa shape index (κ3) is 3.35. The molecule has 2 heterocycles. The molecule has 0 saturated carbocycles. The molecule has 0 saturated heterocycles. The second kappa shape index (κ2) is 7.45. The van der Waals surface area contributed by atoms with E-state index in [1.165, 1.54) is 12.2 Å². The highest BCUT2D eigenvalue weighted by Gasteiger charge is 2.36. The van der Waals surface area contributed by atoms with Gasteiger partial charge in [-0.25, -0.2) is 13.2 Å². The molecule has 0 N–H and O–H groups in total. The lowest BCUT2D eigenvalue weighted by Crippen LogP contribution is -2.25. The zero-order valence-corrected chi connectivity index (χ0v) is 18.4. The number of hydrogen-bond donors (Lipinski definition) is 0. The minimum atomic E-state index is -4.90. The first kappa shape index (κ1) is 21.7. The molecule has 0 atom stereocenters. The molecule has 5 rings (SSSR count). The van der Waals surface area contributed by atoms with E-state index >= 15 is 0 Å². The van der Waals surface area contributed by atoms with Crippen molar-refractivity contribution >= 4 is 31.7 Å². The fraction of sp³-hybridized carbons (Fsp3) is 0.0476. The summed E-state index contributed by atoms with van der Waals surface area (Å²) in [6.07, 6.45) is 5.61. The molecular formula is C21H9BrF5NO4S. The van der Waals surface area contributed by atoms with Crippen LogP contribution in [0.3, 0.4) is 0 Å². The topological polar surface area (TPSA) is 55.8 Å². The Bertz CT molecular complexity index is 1450. The summed E-state index contributed by atoms with van der Waals surface area (Å²) in [5.74, 6) is -12.7. The Kier molecular flexibility index (Phi) is 4.90. The van der Waals surface area contributed by atoms with E-state index in [0.29, 0.717) is 28.6 Å². The van der Waals surface area contributed by atoms with Crippen molar-refractivity contribution in [2.45, 2.75) is 6.42 Å². The molecule has 5 nitrogen and oxygen atoms in total. The average molecular weight is 546 g/mol. The van der Waals surface area contributed by atoms with E-state index in [-0.39, 0.29) is 6.42 Å². The van der Waals surface area contributed by atoms with Crippen molar-refractivity contribution in [1.82, 2.24) is 0 Å². The van der Waals surface area contributed by atoms with E-state index in [0.717, 1.165) is 4.47 Å². The number of benzene rings is 2. The fourth-order valence-corrected chi connectivity index (χ4v) is 4.89. The van der Waals surface area contributed by atoms with E-state index in [9.17, 15) is 30.4 Å². The summed E-state index contributed by atoms with van der Waals surface area (Å²) in [4.78, 5) is 1.32. The Morgan fingerprint density at radius 1 is 0.970 bits per heavy atom. The SMILES string of the molecule is O=S(=O)(Oc1c(F)c(F)c(F)c(F)c1F)C1=CC2=CC=C3Oc4cc(Br)ccc4N3C2=CC1. The molecule has 33 heavy (non-hydrogen) atoms. The van der Waals surface area contributed by atoms with Gasteiger partial charge in [0, 0.05) is 10.9 Å². The monoisotopic (exact) mass is 545 g/mol. The first-order valence-corrected chi connectivity index (χ1v) is 11.3. The van der Waals surface area contributed by atoms with Gasteiger partial charge in [0.05, 0.1) is 16.3 Å². The zero-order chi connectivity index (χ0) is 23.7. The highest BCUT2D eigenvalue weighted by atomic mass is 79.9. The second-order valence-corrected chi connectivity index (χ2v) is 9.53. The molecule has 3 aliphatic rings. The zero-order valence-electron chi connectivity index (χ0n) is 16.0. The molecular weight excluding hydrogens is 537 g/mol. The van der Waals surface area contributed by atoms with Gasteiger partial charge >= 0.3 is 10.1 Å². The highest BCUT2D eigenvalue weighted by Crippen LogP contribution is 2.47. The number of nitrogens with zero attached hydrogens (tertiary/aromatic N) is 1. The lowest BCUT2D eigenvalue weighted by molar-refractivity contribution is 0.347. The lowest BCUT2D eigenvalue weighted by Gasteiger charge is -2.28. The molecule has 0 unspecified atom stereocenters. The number of halogens is 6. The second-order valence-electron chi connectivity index (χ2n) is 7.02. The Balaban J connectivity index is 1.49. The molecule has 2 aromatic rings. The molecule has 0 aromatic heterocycles. The summed E-state index contributed by atoms with van der Waals surface area (Å²) >= 11 is 3.36. The smallest absolute Gasteiger partial charge is 0.335 e. The van der Waals surface area contributed by atoms with Crippen LogP contribution in [0.15, 0.2) is 69.0 Å². The summed E-state index contributed by atoms with van der Waals surface area (Å²) in [5.41, 5.74) is 1.70. The van der Waals surface area contributed by atoms with Gasteiger partial charge in [0.25, 0.3) is 0 Å². The number of allylic oxidation sites excluding steroid dienone is 5. The van der Waals surface area contributed by atoms with Crippen LogP contribution in [0, 0.1) is 29.1 Å². The molecule has 170 valence electrons. The largest absolute Gasteiger partial charge is 0.438 e. The van der Waals surface area contributed by atoms with Crippen LogP contribution in [-0.4, -0.2) is 8.42 Å². The molecule has 0 bridgehead atoms. The third-order valence-electron chi connectivity index (χ3n) is 5.04. The molecule has 0 fully saturated rings. The van der Waals surface area contributed by atoms with Crippen molar-refractivity contribution < 1.29 is 39.3 Å². The first-order chi connectivity index (χ1) is 15.6. The Labute approximate surface area is 192 Å². The molecule has 2 aliphatic heterocycles. The van der Waals surface area contributed by atoms with Gasteiger partial charge in [0.2, 0.25) is 40.7 Å². The van der Waals surface area contributed by atoms with E-state index in [1.807, 2.05) is 0 Å². The number of ether oxygens (including phenoxy) is 1. The van der Waals surface area contributed by atoms with Gasteiger partial charge in [0.1, 0.15) is 0 Å². The van der Waals surface area contributed by atoms with Crippen molar-refractivity contribution in [3.8, 4) is 11.5 Å². The standard InChI is InChI=1S/C21H9BrF5NO4S/c22-10-2-4-13-14(8-10)31-15-6-1-9-7-11(3-5-12(9)28(13)15)33(29,30)32-21-19(26)17(24)16(23)18(25)20(21)27/h1-2,4-8H,3H2. The summed E-state index contributed by atoms with van der Waals surface area (Å²) in [6, 6.07) is 5.36. The van der Waals surface area contributed by atoms with Crippen LogP contribution < -0.4 is 13.8 Å². The normalized spacial score (nSPS) is 16.6. The third-order valence-corrected chi connectivity index (χ3v) is 6.84. The predicted molar refractivity (Wildman–Crippen MR) is 110 cm³/mol. The first-order valence-electron chi connectivity index (χ1n) is 9.15. The summed E-state index contributed by atoms with van der Waals surface area (Å²) in [5, 5.41) is 0. The van der Waals surface area contributed by atoms with Crippen molar-refractivity contribution in [3.05, 3.63) is 98.1 Å². The maximum Gasteiger partial charge on any atom is 0.335 e. The van der Waals surface area contributed by atoms with Gasteiger partial charge in [-0.05, 0) is 42.0 Å². The molecule has 0 radical (unpaired) electrons. The molecule has 0 amide bonds. The van der Waals surface area contributed by atoms with Gasteiger partial charge in [-0.1, -0.05) is 22.0 Å². The maximum atomic E-state index is 13.9. The minimum absolute atomic E-state index is 0.264. The predicted octanol–water partition coefficient (Wildman–Crippen LogP) is 5.71. The average Bonchev–Trinajstić information content (AvgIpc) is 3.16.